The van der Waals surface area contributed by atoms with Gasteiger partial charge in [-0.25, -0.2) is 0 Å². The first kappa shape index (κ1) is 14.5. The molecule has 0 heterocycles. The number of rotatable bonds is 7. The van der Waals surface area contributed by atoms with Crippen molar-refractivity contribution in [3.05, 3.63) is 28.2 Å². The summed E-state index contributed by atoms with van der Waals surface area (Å²) in [5.74, 6) is 0.881. The first-order chi connectivity index (χ1) is 8.13. The van der Waals surface area contributed by atoms with Gasteiger partial charge >= 0.3 is 0 Å². The maximum Gasteiger partial charge on any atom is 0.133 e. The summed E-state index contributed by atoms with van der Waals surface area (Å²) >= 11 is 3.50. The lowest BCUT2D eigenvalue weighted by atomic mass is 10.2. The van der Waals surface area contributed by atoms with Crippen LogP contribution in [0.25, 0.3) is 0 Å². The van der Waals surface area contributed by atoms with Gasteiger partial charge in [0.15, 0.2) is 0 Å². The molecule has 0 aliphatic carbocycles. The molecule has 4 heteroatoms. The highest BCUT2D eigenvalue weighted by Gasteiger charge is 2.02. The summed E-state index contributed by atoms with van der Waals surface area (Å²) in [6, 6.07) is 6.05. The fourth-order valence-corrected chi connectivity index (χ4v) is 1.95. The van der Waals surface area contributed by atoms with Crippen molar-refractivity contribution in [2.24, 2.45) is 0 Å². The smallest absolute Gasteiger partial charge is 0.133 e. The van der Waals surface area contributed by atoms with Gasteiger partial charge in [0.05, 0.1) is 17.2 Å². The Kier molecular flexibility index (Phi) is 6.55. The third-order valence-electron chi connectivity index (χ3n) is 2.23. The molecule has 1 aromatic rings. The highest BCUT2D eigenvalue weighted by molar-refractivity contribution is 9.10. The molecule has 1 unspecified atom stereocenters. The van der Waals surface area contributed by atoms with Crippen molar-refractivity contribution in [1.29, 1.82) is 0 Å². The van der Waals surface area contributed by atoms with E-state index in [9.17, 15) is 0 Å². The van der Waals surface area contributed by atoms with Crippen LogP contribution in [0.3, 0.4) is 0 Å². The van der Waals surface area contributed by atoms with E-state index in [1.54, 1.807) is 6.92 Å². The molecule has 0 amide bonds. The summed E-state index contributed by atoms with van der Waals surface area (Å²) in [7, 11) is 0. The third-order valence-corrected chi connectivity index (χ3v) is 2.85. The Labute approximate surface area is 111 Å². The van der Waals surface area contributed by atoms with Gasteiger partial charge in [-0.3, -0.25) is 0 Å². The van der Waals surface area contributed by atoms with Crippen molar-refractivity contribution in [2.75, 3.05) is 13.2 Å². The number of hydrogen-bond acceptors (Lipinski definition) is 3. The Bertz CT molecular complexity index is 342. The number of hydrogen-bond donors (Lipinski definition) is 2. The van der Waals surface area contributed by atoms with Crippen LogP contribution in [0.2, 0.25) is 0 Å². The molecule has 17 heavy (non-hydrogen) atoms. The van der Waals surface area contributed by atoms with Gasteiger partial charge in [-0.05, 0) is 47.0 Å². The second-order valence-electron chi connectivity index (χ2n) is 4.09. The van der Waals surface area contributed by atoms with Crippen LogP contribution in [0.4, 0.5) is 0 Å². The average Bonchev–Trinajstić information content (AvgIpc) is 2.27. The van der Waals surface area contributed by atoms with Crippen molar-refractivity contribution >= 4 is 15.9 Å². The van der Waals surface area contributed by atoms with Crippen molar-refractivity contribution in [1.82, 2.24) is 5.32 Å². The van der Waals surface area contributed by atoms with Gasteiger partial charge in [-0.2, -0.15) is 0 Å². The number of nitrogens with one attached hydrogen (secondary N) is 1. The molecule has 2 N–H and O–H groups in total. The van der Waals surface area contributed by atoms with Crippen LogP contribution < -0.4 is 10.1 Å². The van der Waals surface area contributed by atoms with Crippen LogP contribution in [0.1, 0.15) is 25.8 Å². The standard InChI is InChI=1S/C13H20BrNO2/c1-3-6-17-13-5-4-11(7-12(13)14)9-15-8-10(2)16/h4-5,7,10,15-16H,3,6,8-9H2,1-2H3. The molecule has 96 valence electrons. The summed E-state index contributed by atoms with van der Waals surface area (Å²) in [5, 5.41) is 12.3. The van der Waals surface area contributed by atoms with Crippen LogP contribution in [-0.2, 0) is 6.54 Å². The second-order valence-corrected chi connectivity index (χ2v) is 4.95. The quantitative estimate of drug-likeness (QED) is 0.814. The third kappa shape index (κ3) is 5.52. The monoisotopic (exact) mass is 301 g/mol. The lowest BCUT2D eigenvalue weighted by molar-refractivity contribution is 0.191. The van der Waals surface area contributed by atoms with E-state index < -0.39 is 0 Å². The topological polar surface area (TPSA) is 41.5 Å². The van der Waals surface area contributed by atoms with Gasteiger partial charge in [-0.1, -0.05) is 13.0 Å². The summed E-state index contributed by atoms with van der Waals surface area (Å²) in [4.78, 5) is 0. The van der Waals surface area contributed by atoms with Crippen molar-refractivity contribution < 1.29 is 9.84 Å². The van der Waals surface area contributed by atoms with Crippen LogP contribution in [-0.4, -0.2) is 24.4 Å². The van der Waals surface area contributed by atoms with Crippen LogP contribution in [0, 0.1) is 0 Å². The van der Waals surface area contributed by atoms with Gasteiger partial charge in [0, 0.05) is 13.1 Å². The SMILES string of the molecule is CCCOc1ccc(CNCC(C)O)cc1Br. The van der Waals surface area contributed by atoms with Crippen LogP contribution in [0.15, 0.2) is 22.7 Å². The fraction of sp³-hybridized carbons (Fsp3) is 0.538. The summed E-state index contributed by atoms with van der Waals surface area (Å²) in [6.45, 7) is 5.94. The van der Waals surface area contributed by atoms with E-state index in [-0.39, 0.29) is 6.10 Å². The Balaban J connectivity index is 2.50. The molecule has 0 aliphatic rings. The highest BCUT2D eigenvalue weighted by Crippen LogP contribution is 2.26. The molecule has 0 saturated heterocycles. The van der Waals surface area contributed by atoms with E-state index in [0.717, 1.165) is 29.8 Å². The maximum atomic E-state index is 9.13. The molecule has 0 aliphatic heterocycles. The normalized spacial score (nSPS) is 12.5. The van der Waals surface area contributed by atoms with Crippen LogP contribution >= 0.6 is 15.9 Å². The maximum absolute atomic E-state index is 9.13. The zero-order valence-electron chi connectivity index (χ0n) is 10.4. The van der Waals surface area contributed by atoms with E-state index in [4.69, 9.17) is 9.84 Å². The number of benzene rings is 1. The van der Waals surface area contributed by atoms with E-state index in [1.807, 2.05) is 18.2 Å². The Morgan fingerprint density at radius 1 is 1.47 bits per heavy atom. The second kappa shape index (κ2) is 7.69. The fourth-order valence-electron chi connectivity index (χ4n) is 1.41. The Hall–Kier alpha value is -0.580. The molecule has 1 aromatic carbocycles. The Morgan fingerprint density at radius 3 is 2.82 bits per heavy atom. The first-order valence-electron chi connectivity index (χ1n) is 5.93. The number of halogens is 1. The highest BCUT2D eigenvalue weighted by atomic mass is 79.9. The van der Waals surface area contributed by atoms with E-state index >= 15 is 0 Å². The number of aliphatic hydroxyl groups is 1. The van der Waals surface area contributed by atoms with Crippen LogP contribution in [0.5, 0.6) is 5.75 Å². The lowest BCUT2D eigenvalue weighted by Crippen LogP contribution is -2.23. The molecule has 0 aromatic heterocycles. The van der Waals surface area contributed by atoms with Crippen molar-refractivity contribution in [3.8, 4) is 5.75 Å². The summed E-state index contributed by atoms with van der Waals surface area (Å²) in [6.07, 6.45) is 0.690. The summed E-state index contributed by atoms with van der Waals surface area (Å²) < 4.78 is 6.55. The van der Waals surface area contributed by atoms with Gasteiger partial charge < -0.3 is 15.2 Å². The van der Waals surface area contributed by atoms with E-state index in [1.165, 1.54) is 5.56 Å². The molecule has 3 nitrogen and oxygen atoms in total. The molecular weight excluding hydrogens is 282 g/mol. The van der Waals surface area contributed by atoms with Crippen molar-refractivity contribution in [3.63, 3.8) is 0 Å². The minimum atomic E-state index is -0.314. The van der Waals surface area contributed by atoms with E-state index in [2.05, 4.69) is 28.2 Å². The zero-order valence-corrected chi connectivity index (χ0v) is 12.0. The molecule has 0 spiro atoms. The predicted molar refractivity (Wildman–Crippen MR) is 73.3 cm³/mol. The average molecular weight is 302 g/mol. The number of ether oxygens (including phenoxy) is 1. The molecule has 0 bridgehead atoms. The van der Waals surface area contributed by atoms with Gasteiger partial charge in [0.2, 0.25) is 0 Å². The largest absolute Gasteiger partial charge is 0.492 e. The minimum Gasteiger partial charge on any atom is -0.492 e. The van der Waals surface area contributed by atoms with Gasteiger partial charge in [0.25, 0.3) is 0 Å². The molecule has 1 rings (SSSR count). The molecule has 0 radical (unpaired) electrons. The molecule has 1 atom stereocenters. The van der Waals surface area contributed by atoms with Gasteiger partial charge in [-0.15, -0.1) is 0 Å². The number of aliphatic hydroxyl groups excluding tert-OH is 1. The summed E-state index contributed by atoms with van der Waals surface area (Å²) in [5.41, 5.74) is 1.17. The van der Waals surface area contributed by atoms with E-state index in [0.29, 0.717) is 6.54 Å². The zero-order chi connectivity index (χ0) is 12.7. The first-order valence-corrected chi connectivity index (χ1v) is 6.72. The van der Waals surface area contributed by atoms with Gasteiger partial charge in [0.1, 0.15) is 5.75 Å². The predicted octanol–water partition coefficient (Wildman–Crippen LogP) is 2.71. The Morgan fingerprint density at radius 2 is 2.24 bits per heavy atom. The minimum absolute atomic E-state index is 0.314. The van der Waals surface area contributed by atoms with Crippen molar-refractivity contribution in [2.45, 2.75) is 32.9 Å². The molecule has 0 fully saturated rings. The lowest BCUT2D eigenvalue weighted by Gasteiger charge is -2.10. The molecular formula is C13H20BrNO2. The molecule has 0 saturated carbocycles.